The van der Waals surface area contributed by atoms with E-state index in [4.69, 9.17) is 4.74 Å². The Morgan fingerprint density at radius 1 is 1.38 bits per heavy atom. The zero-order chi connectivity index (χ0) is 12.3. The number of alkyl halides is 3. The first kappa shape index (κ1) is 12.5. The van der Waals surface area contributed by atoms with Crippen LogP contribution in [0.1, 0.15) is 22.8 Å². The molecule has 0 saturated carbocycles. The molecule has 0 heterocycles. The number of hydrogen-bond donors (Lipinski definition) is 0. The number of benzene rings is 1. The molecule has 16 heavy (non-hydrogen) atoms. The van der Waals surface area contributed by atoms with Crippen LogP contribution in [0.3, 0.4) is 0 Å². The van der Waals surface area contributed by atoms with Crippen LogP contribution < -0.4 is 4.74 Å². The number of hydrogen-bond acceptors (Lipinski definition) is 2. The van der Waals surface area contributed by atoms with Crippen molar-refractivity contribution in [3.8, 4) is 5.75 Å². The summed E-state index contributed by atoms with van der Waals surface area (Å²) >= 11 is 0. The molecule has 0 aromatic heterocycles. The molecule has 0 aliphatic rings. The molecule has 0 atom stereocenters. The summed E-state index contributed by atoms with van der Waals surface area (Å²) in [6, 6.07) is 4.00. The maximum atomic E-state index is 12.3. The molecule has 88 valence electrons. The second kappa shape index (κ2) is 4.55. The van der Waals surface area contributed by atoms with Gasteiger partial charge in [0.25, 0.3) is 5.78 Å². The smallest absolute Gasteiger partial charge is 0.455 e. The fourth-order valence-corrected chi connectivity index (χ4v) is 1.24. The number of carbonyl (C=O) groups is 1. The van der Waals surface area contributed by atoms with E-state index in [9.17, 15) is 18.0 Å². The first-order valence-electron chi connectivity index (χ1n) is 4.71. The third-order valence-electron chi connectivity index (χ3n) is 1.94. The van der Waals surface area contributed by atoms with Gasteiger partial charge in [0, 0.05) is 0 Å². The molecule has 0 unspecified atom stereocenters. The van der Waals surface area contributed by atoms with Crippen LogP contribution in [0.2, 0.25) is 0 Å². The fourth-order valence-electron chi connectivity index (χ4n) is 1.24. The molecule has 0 saturated heterocycles. The van der Waals surface area contributed by atoms with Crippen LogP contribution in [0.5, 0.6) is 5.75 Å². The summed E-state index contributed by atoms with van der Waals surface area (Å²) in [5.74, 6) is -1.90. The Hall–Kier alpha value is -1.52. The molecular formula is C11H11F3O2. The van der Waals surface area contributed by atoms with Gasteiger partial charge in [0.15, 0.2) is 0 Å². The van der Waals surface area contributed by atoms with Crippen LogP contribution in [0.15, 0.2) is 18.2 Å². The molecule has 5 heteroatoms. The van der Waals surface area contributed by atoms with Crippen molar-refractivity contribution in [1.82, 2.24) is 0 Å². The van der Waals surface area contributed by atoms with Crippen LogP contribution in [-0.2, 0) is 0 Å². The number of ketones is 1. The van der Waals surface area contributed by atoms with E-state index < -0.39 is 17.5 Å². The monoisotopic (exact) mass is 232 g/mol. The first-order chi connectivity index (χ1) is 7.36. The van der Waals surface area contributed by atoms with E-state index in [-0.39, 0.29) is 12.4 Å². The summed E-state index contributed by atoms with van der Waals surface area (Å²) < 4.78 is 41.8. The number of halogens is 3. The van der Waals surface area contributed by atoms with Crippen LogP contribution >= 0.6 is 0 Å². The topological polar surface area (TPSA) is 26.3 Å². The molecule has 0 bridgehead atoms. The van der Waals surface area contributed by atoms with Crippen LogP contribution in [-0.4, -0.2) is 18.6 Å². The van der Waals surface area contributed by atoms with E-state index in [1.54, 1.807) is 13.8 Å². The van der Waals surface area contributed by atoms with Gasteiger partial charge in [-0.25, -0.2) is 0 Å². The van der Waals surface area contributed by atoms with Gasteiger partial charge in [0.1, 0.15) is 5.75 Å². The number of aryl methyl sites for hydroxylation is 1. The van der Waals surface area contributed by atoms with Crippen molar-refractivity contribution in [3.63, 3.8) is 0 Å². The first-order valence-corrected chi connectivity index (χ1v) is 4.71. The highest BCUT2D eigenvalue weighted by atomic mass is 19.4. The van der Waals surface area contributed by atoms with Gasteiger partial charge in [0.2, 0.25) is 0 Å². The van der Waals surface area contributed by atoms with Crippen molar-refractivity contribution in [1.29, 1.82) is 0 Å². The molecule has 0 N–H and O–H groups in total. The minimum Gasteiger partial charge on any atom is -0.493 e. The maximum absolute atomic E-state index is 12.3. The Labute approximate surface area is 91.0 Å². The Balaban J connectivity index is 3.17. The van der Waals surface area contributed by atoms with Crippen molar-refractivity contribution in [2.45, 2.75) is 20.0 Å². The van der Waals surface area contributed by atoms with E-state index in [1.165, 1.54) is 12.1 Å². The molecule has 0 amide bonds. The predicted molar refractivity (Wildman–Crippen MR) is 52.7 cm³/mol. The van der Waals surface area contributed by atoms with Gasteiger partial charge in [-0.1, -0.05) is 6.07 Å². The van der Waals surface area contributed by atoms with Crippen molar-refractivity contribution < 1.29 is 22.7 Å². The molecule has 1 aromatic rings. The van der Waals surface area contributed by atoms with Gasteiger partial charge in [-0.05, 0) is 31.5 Å². The van der Waals surface area contributed by atoms with Crippen molar-refractivity contribution in [2.75, 3.05) is 6.61 Å². The van der Waals surface area contributed by atoms with Crippen LogP contribution in [0.25, 0.3) is 0 Å². The zero-order valence-corrected chi connectivity index (χ0v) is 8.89. The molecule has 2 nitrogen and oxygen atoms in total. The quantitative estimate of drug-likeness (QED) is 0.748. The van der Waals surface area contributed by atoms with Gasteiger partial charge in [0.05, 0.1) is 12.2 Å². The third kappa shape index (κ3) is 2.74. The number of rotatable bonds is 3. The van der Waals surface area contributed by atoms with Gasteiger partial charge >= 0.3 is 6.18 Å². The molecule has 0 spiro atoms. The predicted octanol–water partition coefficient (Wildman–Crippen LogP) is 3.14. The highest BCUT2D eigenvalue weighted by Gasteiger charge is 2.40. The minimum atomic E-state index is -4.87. The average Bonchev–Trinajstić information content (AvgIpc) is 2.16. The van der Waals surface area contributed by atoms with E-state index in [2.05, 4.69) is 0 Å². The molecule has 1 aromatic carbocycles. The number of carbonyl (C=O) groups excluding carboxylic acids is 1. The summed E-state index contributed by atoms with van der Waals surface area (Å²) in [6.07, 6.45) is -4.87. The molecule has 0 aliphatic carbocycles. The van der Waals surface area contributed by atoms with Gasteiger partial charge in [-0.2, -0.15) is 13.2 Å². The lowest BCUT2D eigenvalue weighted by Gasteiger charge is -2.11. The third-order valence-corrected chi connectivity index (χ3v) is 1.94. The molecule has 0 aliphatic heterocycles. The minimum absolute atomic E-state index is 0.0233. The van der Waals surface area contributed by atoms with Gasteiger partial charge in [-0.15, -0.1) is 0 Å². The highest BCUT2D eigenvalue weighted by Crippen LogP contribution is 2.28. The second-order valence-corrected chi connectivity index (χ2v) is 3.26. The van der Waals surface area contributed by atoms with E-state index in [0.717, 1.165) is 11.6 Å². The number of ether oxygens (including phenoxy) is 1. The zero-order valence-electron chi connectivity index (χ0n) is 8.89. The van der Waals surface area contributed by atoms with E-state index >= 15 is 0 Å². The largest absolute Gasteiger partial charge is 0.493 e. The summed E-state index contributed by atoms with van der Waals surface area (Å²) in [5.41, 5.74) is 0.294. The van der Waals surface area contributed by atoms with Crippen LogP contribution in [0, 0.1) is 6.92 Å². The summed E-state index contributed by atoms with van der Waals surface area (Å²) in [7, 11) is 0. The Morgan fingerprint density at radius 3 is 2.50 bits per heavy atom. The lowest BCUT2D eigenvalue weighted by Crippen LogP contribution is -2.23. The Morgan fingerprint density at radius 2 is 2.00 bits per heavy atom. The van der Waals surface area contributed by atoms with Crippen molar-refractivity contribution in [3.05, 3.63) is 29.3 Å². The maximum Gasteiger partial charge on any atom is 0.455 e. The lowest BCUT2D eigenvalue weighted by atomic mass is 10.1. The fraction of sp³-hybridized carbons (Fsp3) is 0.364. The molecular weight excluding hydrogens is 221 g/mol. The molecule has 1 rings (SSSR count). The normalized spacial score (nSPS) is 11.3. The van der Waals surface area contributed by atoms with Crippen molar-refractivity contribution >= 4 is 5.78 Å². The number of Topliss-reactive ketones (excluding diaryl/α,β-unsaturated/α-hetero) is 1. The SMILES string of the molecule is CCOc1cc(C)ccc1C(=O)C(F)(F)F. The summed E-state index contributed by atoms with van der Waals surface area (Å²) in [6.45, 7) is 3.57. The summed E-state index contributed by atoms with van der Waals surface area (Å²) in [4.78, 5) is 11.1. The lowest BCUT2D eigenvalue weighted by molar-refractivity contribution is -0.0886. The standard InChI is InChI=1S/C11H11F3O2/c1-3-16-9-6-7(2)4-5-8(9)10(15)11(12,13)14/h4-6H,3H2,1-2H3. The molecule has 0 fully saturated rings. The van der Waals surface area contributed by atoms with Gasteiger partial charge in [-0.3, -0.25) is 4.79 Å². The Bertz CT molecular complexity index is 397. The van der Waals surface area contributed by atoms with Crippen molar-refractivity contribution in [2.24, 2.45) is 0 Å². The van der Waals surface area contributed by atoms with Crippen LogP contribution in [0.4, 0.5) is 13.2 Å². The van der Waals surface area contributed by atoms with E-state index in [1.807, 2.05) is 0 Å². The van der Waals surface area contributed by atoms with Gasteiger partial charge < -0.3 is 4.74 Å². The summed E-state index contributed by atoms with van der Waals surface area (Å²) in [5, 5.41) is 0. The Kier molecular flexibility index (Phi) is 3.57. The van der Waals surface area contributed by atoms with E-state index in [0.29, 0.717) is 0 Å². The highest BCUT2D eigenvalue weighted by molar-refractivity contribution is 6.02. The molecule has 0 radical (unpaired) electrons. The second-order valence-electron chi connectivity index (χ2n) is 3.26. The average molecular weight is 232 g/mol.